The number of nitrogens with zero attached hydrogens (tertiary/aromatic N) is 2. The van der Waals surface area contributed by atoms with Crippen molar-refractivity contribution in [3.63, 3.8) is 0 Å². The smallest absolute Gasteiger partial charge is 0.316 e. The monoisotopic (exact) mass is 366 g/mol. The van der Waals surface area contributed by atoms with E-state index in [1.165, 1.54) is 28.6 Å². The second kappa shape index (κ2) is 6.52. The minimum Gasteiger partial charge on any atom is -0.459 e. The van der Waals surface area contributed by atoms with Crippen LogP contribution in [0.3, 0.4) is 0 Å². The summed E-state index contributed by atoms with van der Waals surface area (Å²) in [5.74, 6) is -0.152. The lowest BCUT2D eigenvalue weighted by Crippen LogP contribution is -2.25. The van der Waals surface area contributed by atoms with E-state index in [9.17, 15) is 9.59 Å². The molecule has 2 aromatic heterocycles. The van der Waals surface area contributed by atoms with Crippen molar-refractivity contribution in [2.45, 2.75) is 57.2 Å². The molecule has 1 aliphatic rings. The van der Waals surface area contributed by atoms with E-state index in [0.717, 1.165) is 29.5 Å². The topological polar surface area (TPSA) is 61.2 Å². The van der Waals surface area contributed by atoms with Gasteiger partial charge in [0, 0.05) is 11.9 Å². The zero-order valence-electron chi connectivity index (χ0n) is 14.5. The number of aryl methyl sites for hydroxylation is 2. The summed E-state index contributed by atoms with van der Waals surface area (Å²) >= 11 is 2.88. The van der Waals surface area contributed by atoms with E-state index < -0.39 is 5.60 Å². The third-order valence-corrected chi connectivity index (χ3v) is 6.08. The number of thiophene rings is 1. The van der Waals surface area contributed by atoms with Gasteiger partial charge in [0.1, 0.15) is 10.4 Å². The lowest BCUT2D eigenvalue weighted by atomic mass is 9.97. The molecule has 0 spiro atoms. The Bertz CT molecular complexity index is 846. The third kappa shape index (κ3) is 3.52. The SMILES string of the molecule is Cn1c(SCC(=O)OC(C)(C)C)nc2sc3c(c2c1=O)CCCC3. The standard InChI is InChI=1S/C17H22N2O3S2/c1-17(2,3)22-12(20)9-23-16-18-14-13(15(21)19(16)4)10-7-5-6-8-11(10)24-14/h5-9H2,1-4H3. The molecule has 24 heavy (non-hydrogen) atoms. The third-order valence-electron chi connectivity index (χ3n) is 3.89. The molecule has 0 aliphatic heterocycles. The zero-order valence-corrected chi connectivity index (χ0v) is 16.1. The highest BCUT2D eigenvalue weighted by molar-refractivity contribution is 7.99. The molecule has 0 unspecified atom stereocenters. The number of rotatable bonds is 3. The number of ether oxygens (including phenoxy) is 1. The highest BCUT2D eigenvalue weighted by Gasteiger charge is 2.22. The van der Waals surface area contributed by atoms with Crippen molar-refractivity contribution >= 4 is 39.3 Å². The zero-order chi connectivity index (χ0) is 17.5. The molecule has 0 aromatic carbocycles. The lowest BCUT2D eigenvalue weighted by Gasteiger charge is -2.19. The maximum absolute atomic E-state index is 12.8. The quantitative estimate of drug-likeness (QED) is 0.474. The van der Waals surface area contributed by atoms with Crippen molar-refractivity contribution in [1.29, 1.82) is 0 Å². The molecule has 2 aromatic rings. The molecule has 0 saturated heterocycles. The summed E-state index contributed by atoms with van der Waals surface area (Å²) in [6.07, 6.45) is 4.33. The number of esters is 1. The molecule has 7 heteroatoms. The fourth-order valence-electron chi connectivity index (χ4n) is 2.89. The summed E-state index contributed by atoms with van der Waals surface area (Å²) in [6.45, 7) is 5.52. The van der Waals surface area contributed by atoms with Crippen molar-refractivity contribution in [3.8, 4) is 0 Å². The van der Waals surface area contributed by atoms with E-state index >= 15 is 0 Å². The summed E-state index contributed by atoms with van der Waals surface area (Å²) in [4.78, 5) is 31.4. The molecule has 0 radical (unpaired) electrons. The molecule has 1 aliphatic carbocycles. The van der Waals surface area contributed by atoms with Gasteiger partial charge in [-0.1, -0.05) is 11.8 Å². The molecule has 0 bridgehead atoms. The van der Waals surface area contributed by atoms with Gasteiger partial charge in [0.25, 0.3) is 5.56 Å². The number of hydrogen-bond acceptors (Lipinski definition) is 6. The van der Waals surface area contributed by atoms with Crippen LogP contribution in [-0.4, -0.2) is 26.9 Å². The van der Waals surface area contributed by atoms with Crippen LogP contribution in [0.15, 0.2) is 9.95 Å². The van der Waals surface area contributed by atoms with Gasteiger partial charge >= 0.3 is 5.97 Å². The van der Waals surface area contributed by atoms with E-state index in [1.54, 1.807) is 23.0 Å². The number of carbonyl (C=O) groups excluding carboxylic acids is 1. The van der Waals surface area contributed by atoms with Crippen LogP contribution < -0.4 is 5.56 Å². The molecule has 2 heterocycles. The average Bonchev–Trinajstić information content (AvgIpc) is 2.86. The maximum atomic E-state index is 12.8. The largest absolute Gasteiger partial charge is 0.459 e. The highest BCUT2D eigenvalue weighted by atomic mass is 32.2. The molecule has 3 rings (SSSR count). The van der Waals surface area contributed by atoms with Crippen LogP contribution in [-0.2, 0) is 29.4 Å². The Balaban J connectivity index is 1.88. The van der Waals surface area contributed by atoms with Crippen molar-refractivity contribution in [2.75, 3.05) is 5.75 Å². The summed E-state index contributed by atoms with van der Waals surface area (Å²) in [5.41, 5.74) is 0.678. The Morgan fingerprint density at radius 2 is 2.04 bits per heavy atom. The lowest BCUT2D eigenvalue weighted by molar-refractivity contribution is -0.151. The first-order chi connectivity index (χ1) is 11.3. The summed E-state index contributed by atoms with van der Waals surface area (Å²) < 4.78 is 6.87. The molecular formula is C17H22N2O3S2. The molecule has 0 amide bonds. The number of carbonyl (C=O) groups is 1. The van der Waals surface area contributed by atoms with Crippen molar-refractivity contribution in [1.82, 2.24) is 9.55 Å². The van der Waals surface area contributed by atoms with E-state index in [0.29, 0.717) is 5.16 Å². The van der Waals surface area contributed by atoms with Crippen LogP contribution >= 0.6 is 23.1 Å². The molecular weight excluding hydrogens is 344 g/mol. The first-order valence-corrected chi connectivity index (χ1v) is 9.92. The highest BCUT2D eigenvalue weighted by Crippen LogP contribution is 2.34. The Hall–Kier alpha value is -1.34. The van der Waals surface area contributed by atoms with E-state index in [1.807, 2.05) is 20.8 Å². The van der Waals surface area contributed by atoms with Gasteiger partial charge < -0.3 is 4.74 Å². The molecule has 0 N–H and O–H groups in total. The number of thioether (sulfide) groups is 1. The molecule has 0 fully saturated rings. The van der Waals surface area contributed by atoms with Crippen LogP contribution in [0.2, 0.25) is 0 Å². The van der Waals surface area contributed by atoms with E-state index in [-0.39, 0.29) is 17.3 Å². The van der Waals surface area contributed by atoms with Gasteiger partial charge in [0.15, 0.2) is 5.16 Å². The summed E-state index contributed by atoms with van der Waals surface area (Å²) in [5, 5.41) is 1.34. The fourth-order valence-corrected chi connectivity index (χ4v) is 4.94. The summed E-state index contributed by atoms with van der Waals surface area (Å²) in [7, 11) is 1.72. The molecule has 0 saturated carbocycles. The van der Waals surface area contributed by atoms with Crippen LogP contribution in [0.4, 0.5) is 0 Å². The van der Waals surface area contributed by atoms with Crippen LogP contribution in [0.5, 0.6) is 0 Å². The summed E-state index contributed by atoms with van der Waals surface area (Å²) in [6, 6.07) is 0. The van der Waals surface area contributed by atoms with Crippen LogP contribution in [0, 0.1) is 0 Å². The maximum Gasteiger partial charge on any atom is 0.316 e. The molecule has 5 nitrogen and oxygen atoms in total. The minimum atomic E-state index is -0.506. The van der Waals surface area contributed by atoms with Crippen LogP contribution in [0.1, 0.15) is 44.1 Å². The van der Waals surface area contributed by atoms with Gasteiger partial charge in [-0.05, 0) is 52.0 Å². The Morgan fingerprint density at radius 1 is 1.33 bits per heavy atom. The number of aromatic nitrogens is 2. The first-order valence-electron chi connectivity index (χ1n) is 8.12. The second-order valence-corrected chi connectivity index (χ2v) is 9.05. The van der Waals surface area contributed by atoms with Crippen molar-refractivity contribution in [3.05, 3.63) is 20.8 Å². The minimum absolute atomic E-state index is 0.00825. The van der Waals surface area contributed by atoms with Crippen LogP contribution in [0.25, 0.3) is 10.2 Å². The normalized spacial score (nSPS) is 14.7. The van der Waals surface area contributed by atoms with Gasteiger partial charge in [-0.3, -0.25) is 14.2 Å². The van der Waals surface area contributed by atoms with Crippen molar-refractivity contribution in [2.24, 2.45) is 7.05 Å². The predicted octanol–water partition coefficient (Wildman–Crippen LogP) is 3.31. The van der Waals surface area contributed by atoms with Gasteiger partial charge in [-0.15, -0.1) is 11.3 Å². The van der Waals surface area contributed by atoms with Gasteiger partial charge in [0.05, 0.1) is 11.1 Å². The Labute approximate surface area is 149 Å². The first kappa shape index (κ1) is 17.5. The predicted molar refractivity (Wildman–Crippen MR) is 98.1 cm³/mol. The Kier molecular flexibility index (Phi) is 4.75. The van der Waals surface area contributed by atoms with Gasteiger partial charge in [0.2, 0.25) is 0 Å². The van der Waals surface area contributed by atoms with Gasteiger partial charge in [-0.2, -0.15) is 0 Å². The van der Waals surface area contributed by atoms with Gasteiger partial charge in [-0.25, -0.2) is 4.98 Å². The number of hydrogen-bond donors (Lipinski definition) is 0. The number of fused-ring (bicyclic) bond motifs is 3. The Morgan fingerprint density at radius 3 is 2.75 bits per heavy atom. The second-order valence-electron chi connectivity index (χ2n) is 7.02. The molecule has 0 atom stereocenters. The fraction of sp³-hybridized carbons (Fsp3) is 0.588. The van der Waals surface area contributed by atoms with E-state index in [2.05, 4.69) is 4.98 Å². The average molecular weight is 367 g/mol. The van der Waals surface area contributed by atoms with Crippen molar-refractivity contribution < 1.29 is 9.53 Å². The molecule has 130 valence electrons. The van der Waals surface area contributed by atoms with E-state index in [4.69, 9.17) is 4.74 Å².